The normalized spacial score (nSPS) is 13.7. The van der Waals surface area contributed by atoms with Gasteiger partial charge in [0.2, 0.25) is 0 Å². The number of benzene rings is 2. The molecule has 0 radical (unpaired) electrons. The molecule has 0 heterocycles. The summed E-state index contributed by atoms with van der Waals surface area (Å²) in [6, 6.07) is 15.7. The third-order valence-electron chi connectivity index (χ3n) is 4.64. The van der Waals surface area contributed by atoms with Crippen LogP contribution in [-0.2, 0) is 0 Å². The minimum absolute atomic E-state index is 0.388. The van der Waals surface area contributed by atoms with Crippen LogP contribution in [0, 0.1) is 0 Å². The first-order valence-corrected chi connectivity index (χ1v) is 11.7. The maximum absolute atomic E-state index is 6.24. The standard InChI is InChI=1S/C12H16N2OS.C11H18N2O.CH3I/c1-10(14(2)3)8-15-12-6-4-11(5-7-12)13-9-16;1-9(13(2)3)8-14-11-6-4-10(12)5-7-11;1-2/h4-7,10H,8H2,1-3H3;4-7,9H,8,12H2,1-3H3;1H3/t10-;9-;/m11./s1/i;;1TD. The minimum Gasteiger partial charge on any atom is -0.492 e. The molecule has 2 rings (SSSR count). The highest BCUT2D eigenvalue weighted by atomic mass is 127. The van der Waals surface area contributed by atoms with Crippen molar-refractivity contribution in [3.05, 3.63) is 48.5 Å². The number of nitrogen functional groups attached to an aromatic ring is 1. The highest BCUT2D eigenvalue weighted by Gasteiger charge is 2.05. The lowest BCUT2D eigenvalue weighted by atomic mass is 10.3. The molecule has 3 atom stereocenters. The predicted octanol–water partition coefficient (Wildman–Crippen LogP) is 5.40. The fourth-order valence-electron chi connectivity index (χ4n) is 1.97. The van der Waals surface area contributed by atoms with Crippen molar-refractivity contribution in [2.24, 2.45) is 4.99 Å². The first kappa shape index (κ1) is 26.5. The number of hydrogen-bond acceptors (Lipinski definition) is 7. The molecule has 1 unspecified atom stereocenters. The lowest BCUT2D eigenvalue weighted by molar-refractivity contribution is 0.198. The molecule has 0 amide bonds. The molecule has 6 nitrogen and oxygen atoms in total. The van der Waals surface area contributed by atoms with Crippen molar-refractivity contribution in [2.75, 3.05) is 52.0 Å². The maximum atomic E-state index is 6.24. The van der Waals surface area contributed by atoms with Crippen molar-refractivity contribution in [1.29, 1.82) is 0 Å². The second-order valence-electron chi connectivity index (χ2n) is 7.51. The number of ether oxygens (including phenoxy) is 2. The van der Waals surface area contributed by atoms with E-state index in [9.17, 15) is 0 Å². The van der Waals surface area contributed by atoms with Gasteiger partial charge in [0.05, 0.1) is 10.8 Å². The Morgan fingerprint density at radius 2 is 1.38 bits per heavy atom. The van der Waals surface area contributed by atoms with E-state index >= 15 is 0 Å². The van der Waals surface area contributed by atoms with Crippen molar-refractivity contribution in [2.45, 2.75) is 25.9 Å². The third kappa shape index (κ3) is 13.6. The number of nitrogens with two attached hydrogens (primary N) is 1. The lowest BCUT2D eigenvalue weighted by Crippen LogP contribution is -2.30. The Kier molecular flexibility index (Phi) is 14.8. The van der Waals surface area contributed by atoms with E-state index in [1.54, 1.807) is 22.6 Å². The van der Waals surface area contributed by atoms with Gasteiger partial charge in [-0.15, -0.1) is 0 Å². The summed E-state index contributed by atoms with van der Waals surface area (Å²) in [5, 5.41) is 2.33. The first-order chi connectivity index (χ1) is 16.0. The zero-order chi connectivity index (χ0) is 26.1. The molecule has 0 saturated carbocycles. The quantitative estimate of drug-likeness (QED) is 0.142. The Bertz CT molecular complexity index is 831. The molecule has 0 fully saturated rings. The fourth-order valence-corrected chi connectivity index (χ4v) is 2.07. The van der Waals surface area contributed by atoms with E-state index in [1.165, 1.54) is 0 Å². The highest BCUT2D eigenvalue weighted by Crippen LogP contribution is 2.18. The molecule has 0 aliphatic heterocycles. The van der Waals surface area contributed by atoms with Gasteiger partial charge in [0.25, 0.3) is 0 Å². The van der Waals surface area contributed by atoms with Gasteiger partial charge in [0.1, 0.15) is 24.7 Å². The summed E-state index contributed by atoms with van der Waals surface area (Å²) in [5.41, 5.74) is 7.12. The van der Waals surface area contributed by atoms with Crippen molar-refractivity contribution in [3.8, 4) is 11.5 Å². The monoisotopic (exact) mass is 575 g/mol. The number of alkyl halides is 1. The number of aliphatic imine (C=N–C) groups is 1. The van der Waals surface area contributed by atoms with E-state index in [2.05, 4.69) is 46.0 Å². The number of hydrogen-bond donors (Lipinski definition) is 1. The van der Waals surface area contributed by atoms with Gasteiger partial charge >= 0.3 is 0 Å². The second kappa shape index (κ2) is 17.8. The molecule has 0 bridgehead atoms. The molecule has 0 aromatic heterocycles. The maximum Gasteiger partial charge on any atom is 0.119 e. The first-order valence-electron chi connectivity index (χ1n) is 11.2. The molecule has 0 aliphatic rings. The average Bonchev–Trinajstić information content (AvgIpc) is 2.78. The van der Waals surface area contributed by atoms with E-state index in [0.29, 0.717) is 25.3 Å². The summed E-state index contributed by atoms with van der Waals surface area (Å²) >= 11 is 6.20. The number of thiocarbonyl (C=S) groups is 1. The Labute approximate surface area is 215 Å². The van der Waals surface area contributed by atoms with Crippen molar-refractivity contribution >= 4 is 51.3 Å². The van der Waals surface area contributed by atoms with Crippen molar-refractivity contribution in [1.82, 2.24) is 9.80 Å². The van der Waals surface area contributed by atoms with Gasteiger partial charge in [-0.25, -0.2) is 0 Å². The number of rotatable bonds is 9. The van der Waals surface area contributed by atoms with Crippen LogP contribution in [0.15, 0.2) is 53.5 Å². The van der Waals surface area contributed by atoms with Crippen LogP contribution in [0.3, 0.4) is 0 Å². The summed E-state index contributed by atoms with van der Waals surface area (Å²) in [4.78, 5) is 7.41. The second-order valence-corrected chi connectivity index (χ2v) is 7.70. The topological polar surface area (TPSA) is 63.3 Å². The molecule has 2 aromatic rings. The van der Waals surface area contributed by atoms with E-state index in [1.807, 2.05) is 76.7 Å². The lowest BCUT2D eigenvalue weighted by Gasteiger charge is -2.19. The highest BCUT2D eigenvalue weighted by molar-refractivity contribution is 14.1. The molecule has 32 heavy (non-hydrogen) atoms. The fraction of sp³-hybridized carbons (Fsp3) is 0.458. The summed E-state index contributed by atoms with van der Waals surface area (Å²) in [7, 11) is 8.14. The number of nitrogens with zero attached hydrogens (tertiary/aromatic N) is 3. The van der Waals surface area contributed by atoms with Crippen LogP contribution in [0.1, 0.15) is 16.6 Å². The van der Waals surface area contributed by atoms with E-state index in [4.69, 9.17) is 17.9 Å². The zero-order valence-electron chi connectivity index (χ0n) is 21.8. The summed E-state index contributed by atoms with van der Waals surface area (Å²) in [6.45, 7) is 5.60. The number of likely N-dealkylation sites (N-methyl/N-ethyl adjacent to an activating group) is 2. The van der Waals surface area contributed by atoms with Crippen LogP contribution in [-0.4, -0.2) is 73.3 Å². The van der Waals surface area contributed by atoms with Gasteiger partial charge < -0.3 is 25.0 Å². The Morgan fingerprint density at radius 3 is 1.72 bits per heavy atom. The molecule has 178 valence electrons. The van der Waals surface area contributed by atoms with Crippen LogP contribution in [0.5, 0.6) is 11.5 Å². The Hall–Kier alpha value is -1.71. The molecule has 0 spiro atoms. The van der Waals surface area contributed by atoms with Crippen molar-refractivity contribution < 1.29 is 12.2 Å². The number of isothiocyanates is 1. The number of halogens is 1. The Balaban J connectivity index is 0.000000557. The molecular formula is C24H37IN4O2S. The third-order valence-corrected chi connectivity index (χ3v) is 4.73. The Morgan fingerprint density at radius 1 is 1.00 bits per heavy atom. The summed E-state index contributed by atoms with van der Waals surface area (Å²) in [6.07, 6.45) is 0. The molecule has 0 saturated heterocycles. The average molecular weight is 576 g/mol. The zero-order valence-corrected chi connectivity index (χ0v) is 22.8. The van der Waals surface area contributed by atoms with Crippen molar-refractivity contribution in [3.63, 3.8) is 0 Å². The minimum atomic E-state index is -0.697. The molecule has 2 aromatic carbocycles. The molecule has 8 heteroatoms. The van der Waals surface area contributed by atoms with E-state index in [-0.39, 0.29) is 0 Å². The summed E-state index contributed by atoms with van der Waals surface area (Å²) < 4.78 is 23.7. The number of anilines is 1. The van der Waals surface area contributed by atoms with E-state index in [0.717, 1.165) is 22.9 Å². The van der Waals surface area contributed by atoms with Crippen LogP contribution < -0.4 is 15.2 Å². The SMILES string of the molecule is C[C@H](COc1ccc(N)cc1)N(C)C.C[C@H](COc1ccc(N=C=S)cc1)N(C)C.[2H]C([3H])I. The van der Waals surface area contributed by atoms with Gasteiger partial charge in [-0.1, -0.05) is 22.6 Å². The van der Waals surface area contributed by atoms with Crippen LogP contribution in [0.2, 0.25) is 0 Å². The van der Waals surface area contributed by atoms with Gasteiger partial charge in [-0.2, -0.15) is 4.99 Å². The molecular weight excluding hydrogens is 535 g/mol. The van der Waals surface area contributed by atoms with Crippen LogP contribution >= 0.6 is 34.8 Å². The van der Waals surface area contributed by atoms with Crippen LogP contribution in [0.4, 0.5) is 11.4 Å². The smallest absolute Gasteiger partial charge is 0.119 e. The summed E-state index contributed by atoms with van der Waals surface area (Å²) in [5.74, 6) is 1.71. The van der Waals surface area contributed by atoms with Gasteiger partial charge in [-0.3, -0.25) is 0 Å². The van der Waals surface area contributed by atoms with Gasteiger partial charge in [0, 0.05) is 20.5 Å². The van der Waals surface area contributed by atoms with E-state index < -0.39 is 4.88 Å². The molecule has 0 aliphatic carbocycles. The van der Waals surface area contributed by atoms with Gasteiger partial charge in [-0.05, 0) is 108 Å². The predicted molar refractivity (Wildman–Crippen MR) is 149 cm³/mol. The van der Waals surface area contributed by atoms with Gasteiger partial charge in [0.15, 0.2) is 0 Å². The molecule has 2 N–H and O–H groups in total. The largest absolute Gasteiger partial charge is 0.492 e. The van der Waals surface area contributed by atoms with Crippen LogP contribution in [0.25, 0.3) is 0 Å².